The maximum absolute atomic E-state index is 13.3. The molecule has 0 spiro atoms. The molecule has 4 aromatic rings. The van der Waals surface area contributed by atoms with Gasteiger partial charge in [0, 0.05) is 28.6 Å². The van der Waals surface area contributed by atoms with Crippen LogP contribution in [0.4, 0.5) is 13.2 Å². The van der Waals surface area contributed by atoms with Gasteiger partial charge in [0.15, 0.2) is 0 Å². The number of aryl methyl sites for hydroxylation is 1. The Morgan fingerprint density at radius 3 is 2.18 bits per heavy atom. The minimum absolute atomic E-state index is 0.120. The van der Waals surface area contributed by atoms with Crippen molar-refractivity contribution in [3.05, 3.63) is 84.2 Å². The Hall–Kier alpha value is -3.76. The number of nitrogens with zero attached hydrogens (tertiary/aromatic N) is 2. The molecular formula is C29H28F3N3O3S. The molecule has 0 atom stereocenters. The summed E-state index contributed by atoms with van der Waals surface area (Å²) in [7, 11) is -2.54. The fraction of sp³-hybridized carbons (Fsp3) is 0.241. The monoisotopic (exact) mass is 555 g/mol. The molecule has 0 radical (unpaired) electrons. The van der Waals surface area contributed by atoms with E-state index in [2.05, 4.69) is 14.7 Å². The number of ether oxygens (including phenoxy) is 1. The average molecular weight is 556 g/mol. The Labute approximate surface area is 226 Å². The van der Waals surface area contributed by atoms with Gasteiger partial charge in [0.05, 0.1) is 29.0 Å². The van der Waals surface area contributed by atoms with Crippen molar-refractivity contribution < 1.29 is 26.3 Å². The van der Waals surface area contributed by atoms with Gasteiger partial charge in [-0.3, -0.25) is 9.97 Å². The highest BCUT2D eigenvalue weighted by Gasteiger charge is 2.34. The molecule has 0 saturated carbocycles. The van der Waals surface area contributed by atoms with Crippen molar-refractivity contribution >= 4 is 10.0 Å². The number of rotatable bonds is 6. The summed E-state index contributed by atoms with van der Waals surface area (Å²) in [6.45, 7) is 7.10. The minimum atomic E-state index is -4.53. The molecule has 0 aliphatic heterocycles. The second-order valence-electron chi connectivity index (χ2n) is 10.1. The highest BCUT2D eigenvalue weighted by Crippen LogP contribution is 2.39. The molecule has 2 aromatic carbocycles. The lowest BCUT2D eigenvalue weighted by molar-refractivity contribution is -0.138. The van der Waals surface area contributed by atoms with Gasteiger partial charge in [0.1, 0.15) is 5.75 Å². The lowest BCUT2D eigenvalue weighted by atomic mass is 10.00. The predicted octanol–water partition coefficient (Wildman–Crippen LogP) is 6.89. The third-order valence-corrected chi connectivity index (χ3v) is 7.49. The summed E-state index contributed by atoms with van der Waals surface area (Å²) in [6, 6.07) is 17.4. The van der Waals surface area contributed by atoms with Crippen LogP contribution in [0.2, 0.25) is 0 Å². The Morgan fingerprint density at radius 2 is 1.51 bits per heavy atom. The summed E-state index contributed by atoms with van der Waals surface area (Å²) in [6.07, 6.45) is -2.93. The molecule has 1 N–H and O–H groups in total. The molecule has 10 heteroatoms. The van der Waals surface area contributed by atoms with E-state index >= 15 is 0 Å². The highest BCUT2D eigenvalue weighted by atomic mass is 32.2. The maximum Gasteiger partial charge on any atom is 0.419 e. The number of pyridine rings is 2. The van der Waals surface area contributed by atoms with Crippen molar-refractivity contribution in [1.82, 2.24) is 14.7 Å². The van der Waals surface area contributed by atoms with Crippen molar-refractivity contribution in [2.45, 2.75) is 44.3 Å². The molecule has 2 aromatic heterocycles. The summed E-state index contributed by atoms with van der Waals surface area (Å²) in [5.74, 6) is -0.266. The van der Waals surface area contributed by atoms with Gasteiger partial charge in [-0.2, -0.15) is 13.2 Å². The van der Waals surface area contributed by atoms with Crippen LogP contribution in [-0.2, 0) is 16.2 Å². The predicted molar refractivity (Wildman–Crippen MR) is 145 cm³/mol. The van der Waals surface area contributed by atoms with E-state index in [0.29, 0.717) is 39.3 Å². The summed E-state index contributed by atoms with van der Waals surface area (Å²) < 4.78 is 73.3. The molecule has 0 amide bonds. The van der Waals surface area contributed by atoms with Gasteiger partial charge in [-0.25, -0.2) is 13.1 Å². The standard InChI is InChI=1S/C29H28F3N3O3S/c1-18-13-22(19-9-10-24(29(30,31)32)27(17-19)38-5)16-26(34-18)21-11-12-33-25(15-21)20-7-6-8-23(14-20)39(36,37)35-28(2,3)4/h6-17,35H,1-5H3. The van der Waals surface area contributed by atoms with Crippen LogP contribution in [0.3, 0.4) is 0 Å². The van der Waals surface area contributed by atoms with Crippen LogP contribution in [0.5, 0.6) is 5.75 Å². The van der Waals surface area contributed by atoms with Gasteiger partial charge in [0.25, 0.3) is 0 Å². The van der Waals surface area contributed by atoms with Gasteiger partial charge in [-0.05, 0) is 87.4 Å². The Balaban J connectivity index is 1.73. The fourth-order valence-electron chi connectivity index (χ4n) is 4.12. The fourth-order valence-corrected chi connectivity index (χ4v) is 5.58. The molecule has 4 rings (SSSR count). The molecule has 2 heterocycles. The van der Waals surface area contributed by atoms with E-state index in [1.54, 1.807) is 76.4 Å². The van der Waals surface area contributed by atoms with E-state index in [0.717, 1.165) is 6.07 Å². The highest BCUT2D eigenvalue weighted by molar-refractivity contribution is 7.89. The smallest absolute Gasteiger partial charge is 0.419 e. The second kappa shape index (κ2) is 10.4. The summed E-state index contributed by atoms with van der Waals surface area (Å²) in [5.41, 5.74) is 2.85. The molecule has 6 nitrogen and oxygen atoms in total. The average Bonchev–Trinajstić information content (AvgIpc) is 2.86. The van der Waals surface area contributed by atoms with Crippen molar-refractivity contribution in [3.63, 3.8) is 0 Å². The summed E-state index contributed by atoms with van der Waals surface area (Å²) >= 11 is 0. The number of sulfonamides is 1. The number of halogens is 3. The number of aromatic nitrogens is 2. The van der Waals surface area contributed by atoms with Crippen LogP contribution < -0.4 is 9.46 Å². The van der Waals surface area contributed by atoms with Crippen LogP contribution >= 0.6 is 0 Å². The van der Waals surface area contributed by atoms with Gasteiger partial charge < -0.3 is 4.74 Å². The third kappa shape index (κ3) is 6.63. The topological polar surface area (TPSA) is 81.2 Å². The van der Waals surface area contributed by atoms with E-state index < -0.39 is 27.3 Å². The van der Waals surface area contributed by atoms with Gasteiger partial charge >= 0.3 is 6.18 Å². The first kappa shape index (κ1) is 28.3. The molecule has 0 unspecified atom stereocenters. The van der Waals surface area contributed by atoms with Gasteiger partial charge in [-0.1, -0.05) is 18.2 Å². The van der Waals surface area contributed by atoms with Crippen molar-refractivity contribution in [3.8, 4) is 39.4 Å². The first-order valence-corrected chi connectivity index (χ1v) is 13.5. The second-order valence-corrected chi connectivity index (χ2v) is 11.8. The van der Waals surface area contributed by atoms with Crippen molar-refractivity contribution in [2.75, 3.05) is 7.11 Å². The van der Waals surface area contributed by atoms with Crippen molar-refractivity contribution in [2.24, 2.45) is 0 Å². The zero-order valence-electron chi connectivity index (χ0n) is 22.1. The normalized spacial score (nSPS) is 12.4. The Morgan fingerprint density at radius 1 is 0.821 bits per heavy atom. The third-order valence-electron chi connectivity index (χ3n) is 5.73. The quantitative estimate of drug-likeness (QED) is 0.280. The van der Waals surface area contributed by atoms with Crippen LogP contribution in [0, 0.1) is 6.92 Å². The maximum atomic E-state index is 13.3. The van der Waals surface area contributed by atoms with Crippen LogP contribution in [0.1, 0.15) is 32.0 Å². The van der Waals surface area contributed by atoms with Crippen molar-refractivity contribution in [1.29, 1.82) is 0 Å². The first-order valence-electron chi connectivity index (χ1n) is 12.0. The number of benzene rings is 2. The number of hydrogen-bond donors (Lipinski definition) is 1. The number of hydrogen-bond acceptors (Lipinski definition) is 5. The molecule has 204 valence electrons. The summed E-state index contributed by atoms with van der Waals surface area (Å²) in [5, 5.41) is 0. The van der Waals surface area contributed by atoms with E-state index in [4.69, 9.17) is 4.74 Å². The van der Waals surface area contributed by atoms with E-state index in [-0.39, 0.29) is 10.6 Å². The lowest BCUT2D eigenvalue weighted by Crippen LogP contribution is -2.40. The largest absolute Gasteiger partial charge is 0.496 e. The SMILES string of the molecule is COc1cc(-c2cc(C)nc(-c3ccnc(-c4cccc(S(=O)(=O)NC(C)(C)C)c4)c3)c2)ccc1C(F)(F)F. The zero-order chi connectivity index (χ0) is 28.6. The van der Waals surface area contributed by atoms with Crippen LogP contribution in [0.15, 0.2) is 77.8 Å². The minimum Gasteiger partial charge on any atom is -0.496 e. The number of alkyl halides is 3. The first-order chi connectivity index (χ1) is 18.2. The van der Waals surface area contributed by atoms with Gasteiger partial charge in [-0.15, -0.1) is 0 Å². The Bertz CT molecular complexity index is 1630. The van der Waals surface area contributed by atoms with Gasteiger partial charge in [0.2, 0.25) is 10.0 Å². The van der Waals surface area contributed by atoms with Crippen LogP contribution in [-0.4, -0.2) is 31.0 Å². The molecule has 39 heavy (non-hydrogen) atoms. The van der Waals surface area contributed by atoms with E-state index in [1.807, 2.05) is 0 Å². The molecule has 0 aliphatic rings. The van der Waals surface area contributed by atoms with E-state index in [1.165, 1.54) is 25.3 Å². The summed E-state index contributed by atoms with van der Waals surface area (Å²) in [4.78, 5) is 9.16. The van der Waals surface area contributed by atoms with Crippen LogP contribution in [0.25, 0.3) is 33.6 Å². The lowest BCUT2D eigenvalue weighted by Gasteiger charge is -2.20. The molecular weight excluding hydrogens is 527 g/mol. The number of methoxy groups -OCH3 is 1. The molecule has 0 fully saturated rings. The molecule has 0 bridgehead atoms. The van der Waals surface area contributed by atoms with E-state index in [9.17, 15) is 21.6 Å². The number of nitrogens with one attached hydrogen (secondary N) is 1. The molecule has 0 aliphatic carbocycles. The zero-order valence-corrected chi connectivity index (χ0v) is 22.9. The molecule has 0 saturated heterocycles. The Kier molecular flexibility index (Phi) is 7.55.